The minimum Gasteiger partial charge on any atom is -0.395 e. The van der Waals surface area contributed by atoms with E-state index in [1.807, 2.05) is 13.8 Å². The number of benzene rings is 1. The van der Waals surface area contributed by atoms with Gasteiger partial charge in [-0.1, -0.05) is 36.2 Å². The third kappa shape index (κ3) is 4.85. The van der Waals surface area contributed by atoms with Crippen LogP contribution in [0.3, 0.4) is 0 Å². The molecule has 20 heavy (non-hydrogen) atoms. The van der Waals surface area contributed by atoms with Crippen LogP contribution in [-0.2, 0) is 0 Å². The zero-order valence-corrected chi connectivity index (χ0v) is 13.2. The van der Waals surface area contributed by atoms with Gasteiger partial charge in [0.05, 0.1) is 12.6 Å². The zero-order valence-electron chi connectivity index (χ0n) is 11.7. The average molecular weight is 319 g/mol. The van der Waals surface area contributed by atoms with Crippen LogP contribution in [0.25, 0.3) is 0 Å². The lowest BCUT2D eigenvalue weighted by Crippen LogP contribution is -2.42. The Kier molecular flexibility index (Phi) is 7.13. The summed E-state index contributed by atoms with van der Waals surface area (Å²) in [4.78, 5) is 13.7. The van der Waals surface area contributed by atoms with Gasteiger partial charge < -0.3 is 15.3 Å². The predicted octanol–water partition coefficient (Wildman–Crippen LogP) is 3.47. The molecule has 1 atom stereocenters. The Hall–Kier alpha value is -0.970. The molecule has 0 saturated carbocycles. The van der Waals surface area contributed by atoms with Crippen molar-refractivity contribution in [1.82, 2.24) is 10.2 Å². The normalized spacial score (nSPS) is 12.1. The third-order valence-electron chi connectivity index (χ3n) is 2.92. The lowest BCUT2D eigenvalue weighted by atomic mass is 10.1. The fourth-order valence-electron chi connectivity index (χ4n) is 1.91. The molecule has 0 aliphatic rings. The van der Waals surface area contributed by atoms with Gasteiger partial charge >= 0.3 is 6.03 Å². The molecule has 1 aromatic rings. The van der Waals surface area contributed by atoms with Crippen molar-refractivity contribution in [3.63, 3.8) is 0 Å². The molecule has 1 unspecified atom stereocenters. The van der Waals surface area contributed by atoms with Crippen molar-refractivity contribution in [3.05, 3.63) is 33.8 Å². The maximum absolute atomic E-state index is 12.1. The van der Waals surface area contributed by atoms with Crippen molar-refractivity contribution in [2.75, 3.05) is 19.7 Å². The Morgan fingerprint density at radius 2 is 2.10 bits per heavy atom. The smallest absolute Gasteiger partial charge is 0.317 e. The summed E-state index contributed by atoms with van der Waals surface area (Å²) in [6.45, 7) is 4.71. The Morgan fingerprint density at radius 1 is 1.40 bits per heavy atom. The summed E-state index contributed by atoms with van der Waals surface area (Å²) in [6.07, 6.45) is 0.837. The second kappa shape index (κ2) is 8.35. The molecule has 0 heterocycles. The summed E-state index contributed by atoms with van der Waals surface area (Å²) in [5, 5.41) is 12.9. The summed E-state index contributed by atoms with van der Waals surface area (Å²) in [5.41, 5.74) is 0.810. The second-order valence-electron chi connectivity index (χ2n) is 4.55. The highest BCUT2D eigenvalue weighted by Gasteiger charge is 2.17. The van der Waals surface area contributed by atoms with E-state index in [0.29, 0.717) is 23.1 Å². The molecule has 4 nitrogen and oxygen atoms in total. The molecule has 2 N–H and O–H groups in total. The van der Waals surface area contributed by atoms with Crippen molar-refractivity contribution in [1.29, 1.82) is 0 Å². The number of hydrogen-bond donors (Lipinski definition) is 2. The third-order valence-corrected chi connectivity index (χ3v) is 3.48. The van der Waals surface area contributed by atoms with Crippen LogP contribution in [0.2, 0.25) is 10.0 Å². The van der Waals surface area contributed by atoms with Crippen LogP contribution in [-0.4, -0.2) is 35.7 Å². The van der Waals surface area contributed by atoms with Gasteiger partial charge in [-0.15, -0.1) is 0 Å². The number of rotatable bonds is 6. The number of nitrogens with zero attached hydrogens (tertiary/aromatic N) is 1. The van der Waals surface area contributed by atoms with Crippen molar-refractivity contribution >= 4 is 29.2 Å². The van der Waals surface area contributed by atoms with Gasteiger partial charge in [-0.3, -0.25) is 0 Å². The minimum absolute atomic E-state index is 0.0521. The van der Waals surface area contributed by atoms with E-state index in [4.69, 9.17) is 28.3 Å². The second-order valence-corrected chi connectivity index (χ2v) is 5.39. The number of carbonyl (C=O) groups excluding carboxylic acids is 1. The first-order chi connectivity index (χ1) is 9.49. The highest BCUT2D eigenvalue weighted by atomic mass is 35.5. The number of aliphatic hydroxyl groups excluding tert-OH is 1. The number of nitrogens with one attached hydrogen (secondary N) is 1. The Bertz CT molecular complexity index is 449. The molecule has 0 fully saturated rings. The van der Waals surface area contributed by atoms with Crippen molar-refractivity contribution in [3.8, 4) is 0 Å². The van der Waals surface area contributed by atoms with E-state index >= 15 is 0 Å². The molecule has 1 rings (SSSR count). The molecule has 0 aromatic heterocycles. The van der Waals surface area contributed by atoms with E-state index in [9.17, 15) is 4.79 Å². The Morgan fingerprint density at radius 3 is 2.65 bits per heavy atom. The lowest BCUT2D eigenvalue weighted by molar-refractivity contribution is 0.174. The van der Waals surface area contributed by atoms with Crippen LogP contribution in [0.4, 0.5) is 4.79 Å². The monoisotopic (exact) mass is 318 g/mol. The van der Waals surface area contributed by atoms with Gasteiger partial charge in [0.15, 0.2) is 0 Å². The fourth-order valence-corrected chi connectivity index (χ4v) is 2.48. The number of urea groups is 1. The van der Waals surface area contributed by atoms with Gasteiger partial charge in [-0.2, -0.15) is 0 Å². The Balaban J connectivity index is 2.72. The summed E-state index contributed by atoms with van der Waals surface area (Å²) in [5.74, 6) is 0. The van der Waals surface area contributed by atoms with Crippen LogP contribution in [0, 0.1) is 0 Å². The van der Waals surface area contributed by atoms with Crippen LogP contribution < -0.4 is 5.32 Å². The van der Waals surface area contributed by atoms with E-state index in [0.717, 1.165) is 12.0 Å². The summed E-state index contributed by atoms with van der Waals surface area (Å²) in [6, 6.07) is 4.75. The SMILES string of the molecule is CCCN(CCO)C(=O)NC(C)c1ccc(Cl)cc1Cl. The minimum atomic E-state index is -0.231. The quantitative estimate of drug-likeness (QED) is 0.843. The van der Waals surface area contributed by atoms with Gasteiger partial charge in [0.1, 0.15) is 0 Å². The molecule has 0 saturated heterocycles. The standard InChI is InChI=1S/C14H20Cl2N2O2/c1-3-6-18(7-8-19)14(20)17-10(2)12-5-4-11(15)9-13(12)16/h4-5,9-10,19H,3,6-8H2,1-2H3,(H,17,20). The van der Waals surface area contributed by atoms with Gasteiger partial charge in [0.2, 0.25) is 0 Å². The molecule has 112 valence electrons. The molecule has 1 aromatic carbocycles. The van der Waals surface area contributed by atoms with Gasteiger partial charge in [-0.05, 0) is 31.0 Å². The van der Waals surface area contributed by atoms with Crippen LogP contribution in [0.5, 0.6) is 0 Å². The van der Waals surface area contributed by atoms with E-state index in [2.05, 4.69) is 5.32 Å². The summed E-state index contributed by atoms with van der Waals surface area (Å²) in [7, 11) is 0. The largest absolute Gasteiger partial charge is 0.395 e. The van der Waals surface area contributed by atoms with Crippen LogP contribution in [0.1, 0.15) is 31.9 Å². The van der Waals surface area contributed by atoms with E-state index in [1.165, 1.54) is 0 Å². The molecular weight excluding hydrogens is 299 g/mol. The highest BCUT2D eigenvalue weighted by molar-refractivity contribution is 6.35. The van der Waals surface area contributed by atoms with Crippen molar-refractivity contribution in [2.24, 2.45) is 0 Å². The summed E-state index contributed by atoms with van der Waals surface area (Å²) < 4.78 is 0. The topological polar surface area (TPSA) is 52.6 Å². The first-order valence-corrected chi connectivity index (χ1v) is 7.36. The van der Waals surface area contributed by atoms with Gasteiger partial charge in [0.25, 0.3) is 0 Å². The number of aliphatic hydroxyl groups is 1. The maximum atomic E-state index is 12.1. The Labute approximate surface area is 129 Å². The maximum Gasteiger partial charge on any atom is 0.317 e. The zero-order chi connectivity index (χ0) is 15.1. The molecule has 6 heteroatoms. The van der Waals surface area contributed by atoms with Gasteiger partial charge in [0, 0.05) is 23.1 Å². The van der Waals surface area contributed by atoms with E-state index in [-0.39, 0.29) is 18.7 Å². The molecule has 0 bridgehead atoms. The van der Waals surface area contributed by atoms with Crippen molar-refractivity contribution in [2.45, 2.75) is 26.3 Å². The first kappa shape index (κ1) is 17.1. The molecule has 2 amide bonds. The van der Waals surface area contributed by atoms with Crippen LogP contribution in [0.15, 0.2) is 18.2 Å². The number of halogens is 2. The number of hydrogen-bond acceptors (Lipinski definition) is 2. The average Bonchev–Trinajstić information content (AvgIpc) is 2.38. The van der Waals surface area contributed by atoms with Gasteiger partial charge in [-0.25, -0.2) is 4.79 Å². The molecule has 0 aliphatic heterocycles. The molecule has 0 radical (unpaired) electrons. The molecule has 0 aliphatic carbocycles. The number of amides is 2. The highest BCUT2D eigenvalue weighted by Crippen LogP contribution is 2.26. The molecular formula is C14H20Cl2N2O2. The fraction of sp³-hybridized carbons (Fsp3) is 0.500. The lowest BCUT2D eigenvalue weighted by Gasteiger charge is -2.24. The van der Waals surface area contributed by atoms with E-state index < -0.39 is 0 Å². The van der Waals surface area contributed by atoms with E-state index in [1.54, 1.807) is 23.1 Å². The summed E-state index contributed by atoms with van der Waals surface area (Å²) >= 11 is 12.0. The predicted molar refractivity (Wildman–Crippen MR) is 82.4 cm³/mol. The molecule has 0 spiro atoms. The van der Waals surface area contributed by atoms with Crippen molar-refractivity contribution < 1.29 is 9.90 Å². The van der Waals surface area contributed by atoms with Crippen LogP contribution >= 0.6 is 23.2 Å². The first-order valence-electron chi connectivity index (χ1n) is 6.60. The number of carbonyl (C=O) groups is 1.